The van der Waals surface area contributed by atoms with Gasteiger partial charge in [-0.05, 0) is 31.5 Å². The average molecular weight is 211 g/mol. The third kappa shape index (κ3) is 2.36. The Kier molecular flexibility index (Phi) is 3.21. The van der Waals surface area contributed by atoms with Gasteiger partial charge in [-0.3, -0.25) is 4.21 Å². The Hall–Kier alpha value is -0.810. The third-order valence-corrected chi connectivity index (χ3v) is 3.69. The summed E-state index contributed by atoms with van der Waals surface area (Å²) >= 11 is 0. The number of hydrogen-bond acceptors (Lipinski definition) is 4. The van der Waals surface area contributed by atoms with Gasteiger partial charge in [0.15, 0.2) is 0 Å². The molecule has 1 aliphatic heterocycles. The molecule has 2 heterocycles. The van der Waals surface area contributed by atoms with E-state index in [0.29, 0.717) is 16.8 Å². The Morgan fingerprint density at radius 2 is 2.29 bits per heavy atom. The van der Waals surface area contributed by atoms with Crippen molar-refractivity contribution in [2.75, 3.05) is 18.8 Å². The molecule has 2 rings (SSSR count). The van der Waals surface area contributed by atoms with Crippen LogP contribution in [0.5, 0.6) is 0 Å². The van der Waals surface area contributed by atoms with Crippen LogP contribution in [0.2, 0.25) is 0 Å². The highest BCUT2D eigenvalue weighted by atomic mass is 32.2. The fourth-order valence-electron chi connectivity index (χ4n) is 1.55. The minimum absolute atomic E-state index is 0.458. The molecule has 1 aromatic rings. The highest BCUT2D eigenvalue weighted by Crippen LogP contribution is 2.11. The zero-order valence-corrected chi connectivity index (χ0v) is 8.67. The van der Waals surface area contributed by atoms with Crippen LogP contribution in [-0.2, 0) is 10.8 Å². The van der Waals surface area contributed by atoms with Gasteiger partial charge in [-0.1, -0.05) is 0 Å². The van der Waals surface area contributed by atoms with E-state index in [2.05, 4.69) is 15.3 Å². The molecule has 4 nitrogen and oxygen atoms in total. The van der Waals surface area contributed by atoms with Crippen molar-refractivity contribution in [1.29, 1.82) is 0 Å². The van der Waals surface area contributed by atoms with E-state index < -0.39 is 10.8 Å². The van der Waals surface area contributed by atoms with Crippen LogP contribution in [0.15, 0.2) is 23.6 Å². The molecule has 1 aliphatic rings. The van der Waals surface area contributed by atoms with Crippen LogP contribution in [-0.4, -0.2) is 33.0 Å². The second-order valence-electron chi connectivity index (χ2n) is 3.40. The van der Waals surface area contributed by atoms with Crippen molar-refractivity contribution in [3.63, 3.8) is 0 Å². The van der Waals surface area contributed by atoms with E-state index in [0.717, 1.165) is 19.5 Å². The second-order valence-corrected chi connectivity index (χ2v) is 4.79. The van der Waals surface area contributed by atoms with Crippen molar-refractivity contribution in [2.24, 2.45) is 5.92 Å². The normalized spacial score (nSPS) is 23.6. The molecular formula is C9H13N3OS. The highest BCUT2D eigenvalue weighted by molar-refractivity contribution is 7.84. The maximum Gasteiger partial charge on any atom is 0.218 e. The summed E-state index contributed by atoms with van der Waals surface area (Å²) in [4.78, 5) is 7.98. The Labute approximate surface area is 85.6 Å². The number of nitrogens with one attached hydrogen (secondary N) is 1. The summed E-state index contributed by atoms with van der Waals surface area (Å²) in [6.07, 6.45) is 4.37. The monoisotopic (exact) mass is 211 g/mol. The Bertz CT molecular complexity index is 311. The van der Waals surface area contributed by atoms with Crippen molar-refractivity contribution in [1.82, 2.24) is 15.3 Å². The number of hydrogen-bond donors (Lipinski definition) is 1. The topological polar surface area (TPSA) is 54.9 Å². The molecule has 0 aromatic carbocycles. The van der Waals surface area contributed by atoms with Crippen molar-refractivity contribution < 1.29 is 4.21 Å². The molecule has 0 spiro atoms. The maximum absolute atomic E-state index is 11.8. The summed E-state index contributed by atoms with van der Waals surface area (Å²) in [6, 6.07) is 1.73. The first-order chi connectivity index (χ1) is 6.86. The van der Waals surface area contributed by atoms with Gasteiger partial charge in [0.05, 0.1) is 10.8 Å². The second kappa shape index (κ2) is 4.61. The molecule has 76 valence electrons. The molecule has 0 bridgehead atoms. The van der Waals surface area contributed by atoms with Gasteiger partial charge in [0.2, 0.25) is 5.16 Å². The van der Waals surface area contributed by atoms with E-state index in [4.69, 9.17) is 0 Å². The van der Waals surface area contributed by atoms with Crippen LogP contribution in [0.25, 0.3) is 0 Å². The van der Waals surface area contributed by atoms with E-state index in [9.17, 15) is 4.21 Å². The number of aromatic nitrogens is 2. The first kappa shape index (κ1) is 9.73. The lowest BCUT2D eigenvalue weighted by Crippen LogP contribution is -2.16. The zero-order valence-electron chi connectivity index (χ0n) is 7.85. The minimum atomic E-state index is -1.04. The van der Waals surface area contributed by atoms with Gasteiger partial charge in [-0.15, -0.1) is 0 Å². The molecule has 2 atom stereocenters. The lowest BCUT2D eigenvalue weighted by atomic mass is 10.2. The maximum atomic E-state index is 11.8. The summed E-state index contributed by atoms with van der Waals surface area (Å²) in [5, 5.41) is 3.71. The number of rotatable bonds is 3. The molecular weight excluding hydrogens is 198 g/mol. The fourth-order valence-corrected chi connectivity index (χ4v) is 2.77. The molecule has 1 saturated heterocycles. The molecule has 0 saturated carbocycles. The van der Waals surface area contributed by atoms with Crippen LogP contribution < -0.4 is 5.32 Å². The molecule has 0 aliphatic carbocycles. The van der Waals surface area contributed by atoms with Crippen LogP contribution >= 0.6 is 0 Å². The molecule has 5 heteroatoms. The third-order valence-electron chi connectivity index (χ3n) is 2.30. The van der Waals surface area contributed by atoms with Gasteiger partial charge >= 0.3 is 0 Å². The van der Waals surface area contributed by atoms with E-state index in [-0.39, 0.29) is 0 Å². The molecule has 0 amide bonds. The van der Waals surface area contributed by atoms with Gasteiger partial charge in [0.25, 0.3) is 0 Å². The standard InChI is InChI=1S/C9H13N3OS/c13-14(7-8-2-5-10-6-8)9-11-3-1-4-12-9/h1,3-4,8,10H,2,5-7H2/t8-,14-/m0/s1. The van der Waals surface area contributed by atoms with E-state index in [1.807, 2.05) is 0 Å². The predicted octanol–water partition coefficient (Wildman–Crippen LogP) is 0.194. The summed E-state index contributed by atoms with van der Waals surface area (Å²) in [5.41, 5.74) is 0. The van der Waals surface area contributed by atoms with Crippen molar-refractivity contribution in [3.05, 3.63) is 18.5 Å². The quantitative estimate of drug-likeness (QED) is 0.725. The van der Waals surface area contributed by atoms with Gasteiger partial charge in [-0.25, -0.2) is 9.97 Å². The van der Waals surface area contributed by atoms with Crippen LogP contribution in [0.1, 0.15) is 6.42 Å². The predicted molar refractivity (Wildman–Crippen MR) is 54.3 cm³/mol. The summed E-state index contributed by atoms with van der Waals surface area (Å²) in [7, 11) is -1.04. The lowest BCUT2D eigenvalue weighted by molar-refractivity contribution is 0.628. The van der Waals surface area contributed by atoms with Crippen molar-refractivity contribution >= 4 is 10.8 Å². The minimum Gasteiger partial charge on any atom is -0.316 e. The Morgan fingerprint density at radius 1 is 1.50 bits per heavy atom. The van der Waals surface area contributed by atoms with Crippen molar-refractivity contribution in [3.8, 4) is 0 Å². The summed E-state index contributed by atoms with van der Waals surface area (Å²) < 4.78 is 11.8. The molecule has 0 radical (unpaired) electrons. The Morgan fingerprint density at radius 3 is 2.93 bits per heavy atom. The molecule has 1 N–H and O–H groups in total. The van der Waals surface area contributed by atoms with Gasteiger partial charge in [-0.2, -0.15) is 0 Å². The first-order valence-corrected chi connectivity index (χ1v) is 6.04. The van der Waals surface area contributed by atoms with Gasteiger partial charge in [0.1, 0.15) is 0 Å². The van der Waals surface area contributed by atoms with Crippen molar-refractivity contribution in [2.45, 2.75) is 11.6 Å². The number of nitrogens with zero attached hydrogens (tertiary/aromatic N) is 2. The Balaban J connectivity index is 1.95. The average Bonchev–Trinajstić information content (AvgIpc) is 2.72. The van der Waals surface area contributed by atoms with Gasteiger partial charge in [0, 0.05) is 18.1 Å². The smallest absolute Gasteiger partial charge is 0.218 e. The highest BCUT2D eigenvalue weighted by Gasteiger charge is 2.19. The van der Waals surface area contributed by atoms with Crippen LogP contribution in [0, 0.1) is 5.92 Å². The molecule has 0 unspecified atom stereocenters. The van der Waals surface area contributed by atoms with Crippen LogP contribution in [0.3, 0.4) is 0 Å². The summed E-state index contributed by atoms with van der Waals surface area (Å²) in [5.74, 6) is 1.19. The van der Waals surface area contributed by atoms with E-state index in [1.165, 1.54) is 0 Å². The lowest BCUT2D eigenvalue weighted by Gasteiger charge is -2.05. The summed E-state index contributed by atoms with van der Waals surface area (Å²) in [6.45, 7) is 2.01. The largest absolute Gasteiger partial charge is 0.316 e. The molecule has 14 heavy (non-hydrogen) atoms. The first-order valence-electron chi connectivity index (χ1n) is 4.72. The SMILES string of the molecule is O=[S@@](C[C@H]1CCNC1)c1ncccn1. The van der Waals surface area contributed by atoms with Gasteiger partial charge < -0.3 is 5.32 Å². The fraction of sp³-hybridized carbons (Fsp3) is 0.556. The molecule has 1 aromatic heterocycles. The zero-order chi connectivity index (χ0) is 9.80. The molecule has 1 fully saturated rings. The van der Waals surface area contributed by atoms with E-state index >= 15 is 0 Å². The van der Waals surface area contributed by atoms with E-state index in [1.54, 1.807) is 18.5 Å². The van der Waals surface area contributed by atoms with Crippen LogP contribution in [0.4, 0.5) is 0 Å².